The highest BCUT2D eigenvalue weighted by Crippen LogP contribution is 2.29. The lowest BCUT2D eigenvalue weighted by atomic mass is 10.1. The van der Waals surface area contributed by atoms with Gasteiger partial charge in [0.1, 0.15) is 0 Å². The van der Waals surface area contributed by atoms with Gasteiger partial charge in [0.05, 0.1) is 24.8 Å². The van der Waals surface area contributed by atoms with Crippen LogP contribution in [0, 0.1) is 11.3 Å². The summed E-state index contributed by atoms with van der Waals surface area (Å²) < 4.78 is 5.77. The molecule has 0 aromatic carbocycles. The van der Waals surface area contributed by atoms with E-state index in [-0.39, 0.29) is 6.04 Å². The third-order valence-electron chi connectivity index (χ3n) is 3.81. The predicted octanol–water partition coefficient (Wildman–Crippen LogP) is 0.741. The number of nitriles is 1. The van der Waals surface area contributed by atoms with E-state index in [0.29, 0.717) is 12.1 Å². The van der Waals surface area contributed by atoms with Gasteiger partial charge in [-0.2, -0.15) is 5.26 Å². The summed E-state index contributed by atoms with van der Waals surface area (Å²) in [6.45, 7) is 2.91. The average molecular weight is 223 g/mol. The molecule has 0 aromatic rings. The minimum absolute atomic E-state index is 0.0114. The molecule has 1 saturated carbocycles. The Morgan fingerprint density at radius 2 is 2.44 bits per heavy atom. The van der Waals surface area contributed by atoms with E-state index in [2.05, 4.69) is 16.3 Å². The maximum Gasteiger partial charge on any atom is 0.0962 e. The Bertz CT molecular complexity index is 263. The number of hydrogen-bond acceptors (Lipinski definition) is 4. The van der Waals surface area contributed by atoms with Gasteiger partial charge in [0, 0.05) is 19.1 Å². The summed E-state index contributed by atoms with van der Waals surface area (Å²) in [5.41, 5.74) is 0. The monoisotopic (exact) mass is 223 g/mol. The van der Waals surface area contributed by atoms with Crippen LogP contribution in [0.2, 0.25) is 0 Å². The van der Waals surface area contributed by atoms with E-state index < -0.39 is 0 Å². The fourth-order valence-electron chi connectivity index (χ4n) is 2.85. The zero-order valence-electron chi connectivity index (χ0n) is 9.98. The average Bonchev–Trinajstić information content (AvgIpc) is 2.79. The second-order valence-corrected chi connectivity index (χ2v) is 4.70. The number of nitrogens with zero attached hydrogens (tertiary/aromatic N) is 2. The molecule has 0 aromatic heterocycles. The van der Waals surface area contributed by atoms with Crippen molar-refractivity contribution in [2.75, 3.05) is 26.7 Å². The van der Waals surface area contributed by atoms with Crippen molar-refractivity contribution >= 4 is 0 Å². The molecule has 3 atom stereocenters. The number of morpholine rings is 1. The van der Waals surface area contributed by atoms with Gasteiger partial charge < -0.3 is 10.1 Å². The second-order valence-electron chi connectivity index (χ2n) is 4.70. The minimum atomic E-state index is -0.0114. The van der Waals surface area contributed by atoms with Crippen molar-refractivity contribution in [2.45, 2.75) is 43.9 Å². The summed E-state index contributed by atoms with van der Waals surface area (Å²) in [5.74, 6) is 0. The number of ether oxygens (including phenoxy) is 1. The van der Waals surface area contributed by atoms with Gasteiger partial charge in [-0.25, -0.2) is 0 Å². The van der Waals surface area contributed by atoms with Gasteiger partial charge in [0.25, 0.3) is 0 Å². The van der Waals surface area contributed by atoms with Crippen LogP contribution in [-0.4, -0.2) is 49.8 Å². The molecule has 0 radical (unpaired) electrons. The molecule has 2 aliphatic rings. The molecule has 1 aliphatic carbocycles. The van der Waals surface area contributed by atoms with Crippen LogP contribution in [0.4, 0.5) is 0 Å². The largest absolute Gasteiger partial charge is 0.375 e. The predicted molar refractivity (Wildman–Crippen MR) is 62.0 cm³/mol. The van der Waals surface area contributed by atoms with Crippen LogP contribution in [-0.2, 0) is 4.74 Å². The molecule has 1 heterocycles. The van der Waals surface area contributed by atoms with Crippen LogP contribution < -0.4 is 5.32 Å². The molecule has 90 valence electrons. The summed E-state index contributed by atoms with van der Waals surface area (Å²) in [7, 11) is 1.85. The van der Waals surface area contributed by atoms with Crippen molar-refractivity contribution in [3.05, 3.63) is 0 Å². The highest BCUT2D eigenvalue weighted by molar-refractivity contribution is 4.93. The van der Waals surface area contributed by atoms with Gasteiger partial charge in [-0.1, -0.05) is 0 Å². The van der Waals surface area contributed by atoms with Crippen LogP contribution in [0.1, 0.15) is 25.7 Å². The lowest BCUT2D eigenvalue weighted by Gasteiger charge is -2.37. The quantitative estimate of drug-likeness (QED) is 0.763. The van der Waals surface area contributed by atoms with E-state index in [0.717, 1.165) is 26.1 Å². The Balaban J connectivity index is 1.82. The van der Waals surface area contributed by atoms with Crippen molar-refractivity contribution in [1.82, 2.24) is 10.2 Å². The lowest BCUT2D eigenvalue weighted by Crippen LogP contribution is -2.49. The fraction of sp³-hybridized carbons (Fsp3) is 0.917. The molecule has 4 heteroatoms. The zero-order chi connectivity index (χ0) is 11.4. The molecule has 3 unspecified atom stereocenters. The van der Waals surface area contributed by atoms with Gasteiger partial charge in [0.15, 0.2) is 0 Å². The van der Waals surface area contributed by atoms with E-state index in [1.807, 2.05) is 7.05 Å². The Morgan fingerprint density at radius 1 is 1.56 bits per heavy atom. The third-order valence-corrected chi connectivity index (χ3v) is 3.81. The fourth-order valence-corrected chi connectivity index (χ4v) is 2.85. The first-order valence-electron chi connectivity index (χ1n) is 6.27. The second kappa shape index (κ2) is 5.62. The summed E-state index contributed by atoms with van der Waals surface area (Å²) in [5, 5.41) is 11.9. The number of rotatable bonds is 4. The molecule has 0 amide bonds. The van der Waals surface area contributed by atoms with E-state index >= 15 is 0 Å². The number of nitrogens with one attached hydrogen (secondary N) is 1. The molecule has 1 aliphatic heterocycles. The standard InChI is InChI=1S/C12H21N3O/c1-14-10(9-13)5-6-15-7-8-16-12-4-2-3-11(12)15/h10-12,14H,2-8H2,1H3. The Hall–Kier alpha value is -0.630. The van der Waals surface area contributed by atoms with E-state index in [1.54, 1.807) is 0 Å². The zero-order valence-corrected chi connectivity index (χ0v) is 9.98. The summed E-state index contributed by atoms with van der Waals surface area (Å²) in [6, 6.07) is 2.89. The molecule has 0 spiro atoms. The van der Waals surface area contributed by atoms with Crippen LogP contribution in [0.25, 0.3) is 0 Å². The third kappa shape index (κ3) is 2.54. The lowest BCUT2D eigenvalue weighted by molar-refractivity contribution is -0.0560. The van der Waals surface area contributed by atoms with Gasteiger partial charge >= 0.3 is 0 Å². The van der Waals surface area contributed by atoms with Crippen LogP contribution >= 0.6 is 0 Å². The number of hydrogen-bond donors (Lipinski definition) is 1. The Kier molecular flexibility index (Phi) is 4.16. The van der Waals surface area contributed by atoms with Gasteiger partial charge in [-0.3, -0.25) is 4.90 Å². The van der Waals surface area contributed by atoms with Crippen LogP contribution in [0.5, 0.6) is 0 Å². The van der Waals surface area contributed by atoms with Crippen molar-refractivity contribution in [3.63, 3.8) is 0 Å². The van der Waals surface area contributed by atoms with Crippen molar-refractivity contribution in [3.8, 4) is 6.07 Å². The Labute approximate surface area is 97.6 Å². The van der Waals surface area contributed by atoms with E-state index in [4.69, 9.17) is 10.00 Å². The molecule has 4 nitrogen and oxygen atoms in total. The first kappa shape index (κ1) is 11.8. The molecule has 2 fully saturated rings. The molecule has 1 N–H and O–H groups in total. The smallest absolute Gasteiger partial charge is 0.0962 e. The maximum atomic E-state index is 8.89. The molecule has 0 bridgehead atoms. The maximum absolute atomic E-state index is 8.89. The van der Waals surface area contributed by atoms with Crippen LogP contribution in [0.3, 0.4) is 0 Å². The molecule has 16 heavy (non-hydrogen) atoms. The molecular weight excluding hydrogens is 202 g/mol. The minimum Gasteiger partial charge on any atom is -0.375 e. The first-order chi connectivity index (χ1) is 7.85. The molecular formula is C12H21N3O. The van der Waals surface area contributed by atoms with Gasteiger partial charge in [-0.05, 0) is 32.7 Å². The highest BCUT2D eigenvalue weighted by Gasteiger charge is 2.35. The first-order valence-corrected chi connectivity index (χ1v) is 6.27. The van der Waals surface area contributed by atoms with Gasteiger partial charge in [0.2, 0.25) is 0 Å². The van der Waals surface area contributed by atoms with E-state index in [9.17, 15) is 0 Å². The summed E-state index contributed by atoms with van der Waals surface area (Å²) in [6.07, 6.45) is 5.15. The van der Waals surface area contributed by atoms with Crippen LogP contribution in [0.15, 0.2) is 0 Å². The Morgan fingerprint density at radius 3 is 3.19 bits per heavy atom. The van der Waals surface area contributed by atoms with Crippen molar-refractivity contribution < 1.29 is 4.74 Å². The molecule has 1 saturated heterocycles. The normalized spacial score (nSPS) is 32.0. The summed E-state index contributed by atoms with van der Waals surface area (Å²) in [4.78, 5) is 2.52. The van der Waals surface area contributed by atoms with Gasteiger partial charge in [-0.15, -0.1) is 0 Å². The van der Waals surface area contributed by atoms with E-state index in [1.165, 1.54) is 19.3 Å². The summed E-state index contributed by atoms with van der Waals surface area (Å²) >= 11 is 0. The molecule has 2 rings (SSSR count). The van der Waals surface area contributed by atoms with Crippen molar-refractivity contribution in [1.29, 1.82) is 5.26 Å². The SMILES string of the molecule is CNC(C#N)CCN1CCOC2CCCC21. The number of fused-ring (bicyclic) bond motifs is 1. The topological polar surface area (TPSA) is 48.3 Å². The highest BCUT2D eigenvalue weighted by atomic mass is 16.5. The van der Waals surface area contributed by atoms with Crippen molar-refractivity contribution in [2.24, 2.45) is 0 Å².